The highest BCUT2D eigenvalue weighted by atomic mass is 16.5. The van der Waals surface area contributed by atoms with Crippen LogP contribution < -0.4 is 5.32 Å². The summed E-state index contributed by atoms with van der Waals surface area (Å²) < 4.78 is 5.67. The fourth-order valence-electron chi connectivity index (χ4n) is 4.33. The number of pyridine rings is 1. The van der Waals surface area contributed by atoms with Gasteiger partial charge >= 0.3 is 0 Å². The number of nitrogens with one attached hydrogen (secondary N) is 1. The van der Waals surface area contributed by atoms with E-state index in [0.29, 0.717) is 17.1 Å². The molecular weight excluding hydrogens is 412 g/mol. The minimum atomic E-state index is -0.574. The van der Waals surface area contributed by atoms with E-state index in [9.17, 15) is 5.26 Å². The largest absolute Gasteiger partial charge is 0.354 e. The van der Waals surface area contributed by atoms with E-state index in [-0.39, 0.29) is 0 Å². The third-order valence-corrected chi connectivity index (χ3v) is 6.34. The number of nitriles is 1. The minimum Gasteiger partial charge on any atom is -0.354 e. The molecule has 3 aromatic heterocycles. The van der Waals surface area contributed by atoms with Crippen LogP contribution in [0.1, 0.15) is 29.8 Å². The summed E-state index contributed by atoms with van der Waals surface area (Å²) in [5.41, 5.74) is 6.12. The molecule has 1 aromatic carbocycles. The van der Waals surface area contributed by atoms with Gasteiger partial charge in [0.05, 0.1) is 29.3 Å². The standard InChI is InChI=1S/C26H24N6O/c1-17-5-3-4-6-20(17)21-14-23(33-32-21)25-18(2)30-15-22(31-25)19-7-10-29-24(13-19)26(16-27)8-11-28-12-9-26/h3-7,10,13-15,28H,8-9,11-12H2,1-2H3. The molecule has 1 fully saturated rings. The molecule has 1 aliphatic heterocycles. The van der Waals surface area contributed by atoms with E-state index in [2.05, 4.69) is 26.5 Å². The second-order valence-corrected chi connectivity index (χ2v) is 8.45. The molecule has 1 N–H and O–H groups in total. The zero-order valence-electron chi connectivity index (χ0n) is 18.7. The van der Waals surface area contributed by atoms with Gasteiger partial charge in [0.15, 0.2) is 5.76 Å². The molecule has 7 nitrogen and oxygen atoms in total. The molecule has 5 rings (SSSR count). The van der Waals surface area contributed by atoms with Crippen LogP contribution in [0, 0.1) is 25.2 Å². The lowest BCUT2D eigenvalue weighted by atomic mass is 9.77. The Morgan fingerprint density at radius 1 is 1.03 bits per heavy atom. The SMILES string of the molecule is Cc1ccccc1-c1cc(-c2nc(-c3ccnc(C4(C#N)CCNCC4)c3)cnc2C)on1. The van der Waals surface area contributed by atoms with Gasteiger partial charge in [-0.25, -0.2) is 4.98 Å². The predicted molar refractivity (Wildman–Crippen MR) is 125 cm³/mol. The molecule has 33 heavy (non-hydrogen) atoms. The number of piperidine rings is 1. The minimum absolute atomic E-state index is 0.571. The Hall–Kier alpha value is -3.89. The van der Waals surface area contributed by atoms with Crippen molar-refractivity contribution in [1.82, 2.24) is 25.4 Å². The fourth-order valence-corrected chi connectivity index (χ4v) is 4.33. The number of aromatic nitrogens is 4. The molecule has 0 unspecified atom stereocenters. The lowest BCUT2D eigenvalue weighted by Gasteiger charge is -2.30. The summed E-state index contributed by atoms with van der Waals surface area (Å²) in [5, 5.41) is 17.5. The topological polar surface area (TPSA) is 101 Å². The van der Waals surface area contributed by atoms with Crippen molar-refractivity contribution >= 4 is 0 Å². The number of rotatable bonds is 4. The number of hydrogen-bond acceptors (Lipinski definition) is 7. The lowest BCUT2D eigenvalue weighted by Crippen LogP contribution is -2.39. The second kappa shape index (κ2) is 8.57. The van der Waals surface area contributed by atoms with Crippen LogP contribution in [0.25, 0.3) is 34.0 Å². The summed E-state index contributed by atoms with van der Waals surface area (Å²) in [6, 6.07) is 16.4. The fraction of sp³-hybridized carbons (Fsp3) is 0.269. The van der Waals surface area contributed by atoms with Crippen molar-refractivity contribution < 1.29 is 4.52 Å². The third kappa shape index (κ3) is 3.90. The van der Waals surface area contributed by atoms with Crippen molar-refractivity contribution in [3.05, 3.63) is 71.8 Å². The van der Waals surface area contributed by atoms with Crippen molar-refractivity contribution in [2.75, 3.05) is 13.1 Å². The van der Waals surface area contributed by atoms with Gasteiger partial charge in [-0.05, 0) is 57.5 Å². The highest BCUT2D eigenvalue weighted by molar-refractivity contribution is 5.70. The maximum absolute atomic E-state index is 9.94. The maximum atomic E-state index is 9.94. The molecule has 1 saturated heterocycles. The van der Waals surface area contributed by atoms with Gasteiger partial charge in [0, 0.05) is 23.4 Å². The van der Waals surface area contributed by atoms with Gasteiger partial charge in [0.1, 0.15) is 16.8 Å². The number of hydrogen-bond donors (Lipinski definition) is 1. The first-order chi connectivity index (χ1) is 16.1. The van der Waals surface area contributed by atoms with Crippen LogP contribution in [0.15, 0.2) is 59.4 Å². The number of aryl methyl sites for hydroxylation is 2. The normalized spacial score (nSPS) is 15.2. The van der Waals surface area contributed by atoms with E-state index in [0.717, 1.165) is 59.7 Å². The predicted octanol–water partition coefficient (Wildman–Crippen LogP) is 4.62. The van der Waals surface area contributed by atoms with E-state index in [1.807, 2.05) is 56.3 Å². The van der Waals surface area contributed by atoms with Gasteiger partial charge in [-0.15, -0.1) is 0 Å². The summed E-state index contributed by atoms with van der Waals surface area (Å²) in [4.78, 5) is 14.0. The molecule has 4 heterocycles. The summed E-state index contributed by atoms with van der Waals surface area (Å²) in [6.07, 6.45) is 4.98. The van der Waals surface area contributed by atoms with E-state index < -0.39 is 5.41 Å². The molecule has 164 valence electrons. The van der Waals surface area contributed by atoms with Crippen LogP contribution in [0.2, 0.25) is 0 Å². The quantitative estimate of drug-likeness (QED) is 0.498. The van der Waals surface area contributed by atoms with Gasteiger partial charge in [0.2, 0.25) is 0 Å². The average molecular weight is 437 g/mol. The molecule has 4 aromatic rings. The molecule has 1 aliphatic rings. The first-order valence-corrected chi connectivity index (χ1v) is 11.1. The van der Waals surface area contributed by atoms with Crippen LogP contribution in [-0.2, 0) is 5.41 Å². The van der Waals surface area contributed by atoms with Gasteiger partial charge in [-0.1, -0.05) is 29.4 Å². The van der Waals surface area contributed by atoms with Gasteiger partial charge in [-0.2, -0.15) is 5.26 Å². The summed E-state index contributed by atoms with van der Waals surface area (Å²) in [7, 11) is 0. The van der Waals surface area contributed by atoms with E-state index >= 15 is 0 Å². The molecule has 7 heteroatoms. The zero-order valence-corrected chi connectivity index (χ0v) is 18.7. The number of benzene rings is 1. The van der Waals surface area contributed by atoms with E-state index in [1.165, 1.54) is 0 Å². The molecule has 0 spiro atoms. The smallest absolute Gasteiger partial charge is 0.187 e. The molecular formula is C26H24N6O. The third-order valence-electron chi connectivity index (χ3n) is 6.34. The zero-order chi connectivity index (χ0) is 22.8. The van der Waals surface area contributed by atoms with E-state index in [4.69, 9.17) is 9.51 Å². The summed E-state index contributed by atoms with van der Waals surface area (Å²) >= 11 is 0. The molecule has 0 aliphatic carbocycles. The monoisotopic (exact) mass is 436 g/mol. The maximum Gasteiger partial charge on any atom is 0.187 e. The van der Waals surface area contributed by atoms with Crippen LogP contribution in [0.3, 0.4) is 0 Å². The highest BCUT2D eigenvalue weighted by Crippen LogP contribution is 2.34. The van der Waals surface area contributed by atoms with Gasteiger partial charge in [-0.3, -0.25) is 9.97 Å². The van der Waals surface area contributed by atoms with Gasteiger partial charge < -0.3 is 9.84 Å². The van der Waals surface area contributed by atoms with Crippen molar-refractivity contribution in [3.8, 4) is 40.0 Å². The van der Waals surface area contributed by atoms with Crippen LogP contribution >= 0.6 is 0 Å². The number of nitrogens with zero attached hydrogens (tertiary/aromatic N) is 5. The van der Waals surface area contributed by atoms with Crippen molar-refractivity contribution in [2.24, 2.45) is 0 Å². The summed E-state index contributed by atoms with van der Waals surface area (Å²) in [6.45, 7) is 5.57. The summed E-state index contributed by atoms with van der Waals surface area (Å²) in [5.74, 6) is 0.571. The Kier molecular flexibility index (Phi) is 5.45. The molecule has 0 atom stereocenters. The Morgan fingerprint density at radius 3 is 2.64 bits per heavy atom. The van der Waals surface area contributed by atoms with Crippen LogP contribution in [0.5, 0.6) is 0 Å². The molecule has 0 bridgehead atoms. The van der Waals surface area contributed by atoms with Crippen LogP contribution in [0.4, 0.5) is 0 Å². The first-order valence-electron chi connectivity index (χ1n) is 11.1. The van der Waals surface area contributed by atoms with Crippen molar-refractivity contribution in [1.29, 1.82) is 5.26 Å². The Labute approximate surface area is 192 Å². The Balaban J connectivity index is 1.52. The Morgan fingerprint density at radius 2 is 1.85 bits per heavy atom. The Bertz CT molecular complexity index is 1350. The highest BCUT2D eigenvalue weighted by Gasteiger charge is 2.35. The first kappa shape index (κ1) is 21.0. The molecule has 0 amide bonds. The average Bonchev–Trinajstić information content (AvgIpc) is 3.35. The van der Waals surface area contributed by atoms with E-state index in [1.54, 1.807) is 12.4 Å². The lowest BCUT2D eigenvalue weighted by molar-refractivity contribution is 0.375. The second-order valence-electron chi connectivity index (χ2n) is 8.45. The van der Waals surface area contributed by atoms with Crippen molar-refractivity contribution in [3.63, 3.8) is 0 Å². The molecule has 0 saturated carbocycles. The van der Waals surface area contributed by atoms with Gasteiger partial charge in [0.25, 0.3) is 0 Å². The van der Waals surface area contributed by atoms with Crippen molar-refractivity contribution in [2.45, 2.75) is 32.1 Å². The van der Waals surface area contributed by atoms with Crippen LogP contribution in [-0.4, -0.2) is 33.2 Å². The molecule has 0 radical (unpaired) electrons.